The Morgan fingerprint density at radius 3 is 2.35 bits per heavy atom. The Balaban J connectivity index is 2.01. The lowest BCUT2D eigenvalue weighted by Crippen LogP contribution is -2.13. The van der Waals surface area contributed by atoms with Gasteiger partial charge >= 0.3 is 0 Å². The Hall–Kier alpha value is -2.31. The van der Waals surface area contributed by atoms with Gasteiger partial charge in [-0.05, 0) is 43.3 Å². The monoisotopic (exact) mass is 348 g/mol. The minimum Gasteiger partial charge on any atom is -0.354 e. The van der Waals surface area contributed by atoms with E-state index in [2.05, 4.69) is 9.88 Å². The number of halogens is 1. The van der Waals surface area contributed by atoms with Gasteiger partial charge in [0.05, 0.1) is 4.90 Å². The summed E-state index contributed by atoms with van der Waals surface area (Å²) in [6.45, 7) is 1.67. The zero-order valence-corrected chi connectivity index (χ0v) is 13.7. The molecule has 1 heterocycles. The molecular formula is C16H13ClN2O3S. The van der Waals surface area contributed by atoms with Gasteiger partial charge in [0.2, 0.25) is 0 Å². The number of hydrogen-bond donors (Lipinski definition) is 1. The average Bonchev–Trinajstić information content (AvgIpc) is 2.90. The summed E-state index contributed by atoms with van der Waals surface area (Å²) in [6.07, 6.45) is 0. The van der Waals surface area contributed by atoms with Crippen molar-refractivity contribution in [1.82, 2.24) is 5.16 Å². The van der Waals surface area contributed by atoms with Crippen LogP contribution < -0.4 is 4.72 Å². The molecule has 7 heteroatoms. The molecule has 1 N–H and O–H groups in total. The van der Waals surface area contributed by atoms with Crippen molar-refractivity contribution in [3.05, 3.63) is 65.3 Å². The van der Waals surface area contributed by atoms with Crippen LogP contribution in [0.25, 0.3) is 11.3 Å². The Labute approximate surface area is 138 Å². The van der Waals surface area contributed by atoms with Crippen LogP contribution in [0.15, 0.2) is 64.0 Å². The molecule has 0 fully saturated rings. The Kier molecular flexibility index (Phi) is 4.11. The average molecular weight is 349 g/mol. The second-order valence-corrected chi connectivity index (χ2v) is 7.02. The first-order valence-corrected chi connectivity index (χ1v) is 8.63. The van der Waals surface area contributed by atoms with Gasteiger partial charge in [-0.15, -0.1) is 0 Å². The quantitative estimate of drug-likeness (QED) is 0.770. The SMILES string of the molecule is Cc1noc(-c2ccc(Cl)cc2)c1NS(=O)(=O)c1ccccc1. The number of rotatable bonds is 4. The zero-order chi connectivity index (χ0) is 16.4. The van der Waals surface area contributed by atoms with Crippen molar-refractivity contribution < 1.29 is 12.9 Å². The summed E-state index contributed by atoms with van der Waals surface area (Å²) in [5.41, 5.74) is 1.45. The van der Waals surface area contributed by atoms with Crippen LogP contribution in [0.1, 0.15) is 5.69 Å². The summed E-state index contributed by atoms with van der Waals surface area (Å²) in [6, 6.07) is 15.0. The lowest BCUT2D eigenvalue weighted by Gasteiger charge is -2.08. The van der Waals surface area contributed by atoms with E-state index < -0.39 is 10.0 Å². The molecule has 0 aliphatic carbocycles. The molecule has 0 saturated carbocycles. The topological polar surface area (TPSA) is 72.2 Å². The van der Waals surface area contributed by atoms with Crippen LogP contribution in [0.2, 0.25) is 5.02 Å². The van der Waals surface area contributed by atoms with E-state index in [0.717, 1.165) is 0 Å². The maximum absolute atomic E-state index is 12.5. The lowest BCUT2D eigenvalue weighted by molar-refractivity contribution is 0.427. The fraction of sp³-hybridized carbons (Fsp3) is 0.0625. The smallest absolute Gasteiger partial charge is 0.262 e. The highest BCUT2D eigenvalue weighted by Crippen LogP contribution is 2.33. The maximum Gasteiger partial charge on any atom is 0.262 e. The molecule has 5 nitrogen and oxygen atoms in total. The minimum absolute atomic E-state index is 0.169. The molecular weight excluding hydrogens is 336 g/mol. The molecule has 1 aromatic heterocycles. The van der Waals surface area contributed by atoms with Crippen LogP contribution in [0.4, 0.5) is 5.69 Å². The van der Waals surface area contributed by atoms with Gasteiger partial charge in [0.15, 0.2) is 5.76 Å². The van der Waals surface area contributed by atoms with Crippen LogP contribution in [0, 0.1) is 6.92 Å². The first-order valence-electron chi connectivity index (χ1n) is 6.77. The molecule has 0 unspecified atom stereocenters. The van der Waals surface area contributed by atoms with Crippen molar-refractivity contribution in [2.75, 3.05) is 4.72 Å². The van der Waals surface area contributed by atoms with E-state index in [1.807, 2.05) is 0 Å². The number of nitrogens with one attached hydrogen (secondary N) is 1. The van der Waals surface area contributed by atoms with E-state index in [1.54, 1.807) is 49.4 Å². The van der Waals surface area contributed by atoms with Crippen LogP contribution in [0.3, 0.4) is 0 Å². The zero-order valence-electron chi connectivity index (χ0n) is 12.2. The fourth-order valence-corrected chi connectivity index (χ4v) is 3.35. The molecule has 3 aromatic rings. The van der Waals surface area contributed by atoms with Crippen LogP contribution in [-0.2, 0) is 10.0 Å². The van der Waals surface area contributed by atoms with Gasteiger partial charge in [0, 0.05) is 10.6 Å². The Morgan fingerprint density at radius 2 is 1.70 bits per heavy atom. The van der Waals surface area contributed by atoms with Gasteiger partial charge in [-0.2, -0.15) is 0 Å². The lowest BCUT2D eigenvalue weighted by atomic mass is 10.1. The van der Waals surface area contributed by atoms with Gasteiger partial charge in [-0.3, -0.25) is 4.72 Å². The molecule has 0 bridgehead atoms. The van der Waals surface area contributed by atoms with Crippen LogP contribution >= 0.6 is 11.6 Å². The molecule has 0 spiro atoms. The van der Waals surface area contributed by atoms with E-state index in [0.29, 0.717) is 27.7 Å². The largest absolute Gasteiger partial charge is 0.354 e. The predicted octanol–water partition coefficient (Wildman–Crippen LogP) is 4.10. The molecule has 0 amide bonds. The summed E-state index contributed by atoms with van der Waals surface area (Å²) in [5.74, 6) is 0.346. The van der Waals surface area contributed by atoms with Gasteiger partial charge < -0.3 is 4.52 Å². The number of nitrogens with zero attached hydrogens (tertiary/aromatic N) is 1. The van der Waals surface area contributed by atoms with Crippen molar-refractivity contribution in [3.63, 3.8) is 0 Å². The third kappa shape index (κ3) is 3.23. The number of aryl methyl sites for hydroxylation is 1. The van der Waals surface area contributed by atoms with E-state index in [-0.39, 0.29) is 4.90 Å². The molecule has 3 rings (SSSR count). The van der Waals surface area contributed by atoms with Gasteiger partial charge in [-0.1, -0.05) is 35.0 Å². The molecule has 118 valence electrons. The third-order valence-electron chi connectivity index (χ3n) is 3.26. The normalized spacial score (nSPS) is 11.4. The van der Waals surface area contributed by atoms with Gasteiger partial charge in [0.25, 0.3) is 10.0 Å². The fourth-order valence-electron chi connectivity index (χ4n) is 2.08. The highest BCUT2D eigenvalue weighted by molar-refractivity contribution is 7.92. The molecule has 23 heavy (non-hydrogen) atoms. The highest BCUT2D eigenvalue weighted by atomic mass is 35.5. The number of aromatic nitrogens is 1. The second-order valence-electron chi connectivity index (χ2n) is 4.90. The van der Waals surface area contributed by atoms with E-state index in [9.17, 15) is 8.42 Å². The highest BCUT2D eigenvalue weighted by Gasteiger charge is 2.21. The van der Waals surface area contributed by atoms with Crippen LogP contribution in [-0.4, -0.2) is 13.6 Å². The van der Waals surface area contributed by atoms with Crippen molar-refractivity contribution in [3.8, 4) is 11.3 Å². The first kappa shape index (κ1) is 15.6. The number of anilines is 1. The minimum atomic E-state index is -3.72. The van der Waals surface area contributed by atoms with Crippen molar-refractivity contribution >= 4 is 27.3 Å². The summed E-state index contributed by atoms with van der Waals surface area (Å²) >= 11 is 5.87. The number of sulfonamides is 1. The predicted molar refractivity (Wildman–Crippen MR) is 88.9 cm³/mol. The molecule has 0 aliphatic heterocycles. The van der Waals surface area contributed by atoms with Crippen molar-refractivity contribution in [2.45, 2.75) is 11.8 Å². The van der Waals surface area contributed by atoms with Crippen molar-refractivity contribution in [2.24, 2.45) is 0 Å². The van der Waals surface area contributed by atoms with Gasteiger partial charge in [0.1, 0.15) is 11.4 Å². The van der Waals surface area contributed by atoms with E-state index in [4.69, 9.17) is 16.1 Å². The molecule has 0 atom stereocenters. The van der Waals surface area contributed by atoms with Gasteiger partial charge in [-0.25, -0.2) is 8.42 Å². The second kappa shape index (κ2) is 6.06. The molecule has 0 saturated heterocycles. The van der Waals surface area contributed by atoms with E-state index >= 15 is 0 Å². The number of benzene rings is 2. The third-order valence-corrected chi connectivity index (χ3v) is 4.88. The van der Waals surface area contributed by atoms with Crippen LogP contribution in [0.5, 0.6) is 0 Å². The summed E-state index contributed by atoms with van der Waals surface area (Å²) in [4.78, 5) is 0.169. The number of hydrogen-bond acceptors (Lipinski definition) is 4. The summed E-state index contributed by atoms with van der Waals surface area (Å²) < 4.78 is 32.8. The molecule has 0 radical (unpaired) electrons. The molecule has 0 aliphatic rings. The summed E-state index contributed by atoms with van der Waals surface area (Å²) in [5, 5.41) is 4.44. The first-order chi connectivity index (χ1) is 11.0. The Bertz CT molecular complexity index is 920. The Morgan fingerprint density at radius 1 is 1.04 bits per heavy atom. The maximum atomic E-state index is 12.5. The van der Waals surface area contributed by atoms with Crippen molar-refractivity contribution in [1.29, 1.82) is 0 Å². The molecule has 2 aromatic carbocycles. The summed E-state index contributed by atoms with van der Waals surface area (Å²) in [7, 11) is -3.72. The standard InChI is InChI=1S/C16H13ClN2O3S/c1-11-15(19-23(20,21)14-5-3-2-4-6-14)16(22-18-11)12-7-9-13(17)10-8-12/h2-10,19H,1H3. The van der Waals surface area contributed by atoms with E-state index in [1.165, 1.54) is 12.1 Å².